The van der Waals surface area contributed by atoms with Gasteiger partial charge in [0.25, 0.3) is 0 Å². The van der Waals surface area contributed by atoms with E-state index in [0.717, 1.165) is 5.56 Å². The molecule has 1 aromatic heterocycles. The van der Waals surface area contributed by atoms with Crippen LogP contribution < -0.4 is 0 Å². The van der Waals surface area contributed by atoms with Gasteiger partial charge in [-0.3, -0.25) is 9.59 Å². The third-order valence-electron chi connectivity index (χ3n) is 3.98. The summed E-state index contributed by atoms with van der Waals surface area (Å²) in [6.07, 6.45) is 6.32. The summed E-state index contributed by atoms with van der Waals surface area (Å²) in [5, 5.41) is 0.544. The minimum Gasteiger partial charge on any atom is -0.316 e. The van der Waals surface area contributed by atoms with Crippen LogP contribution in [0, 0.1) is 0 Å². The van der Waals surface area contributed by atoms with Crippen LogP contribution in [0.2, 0.25) is 10.3 Å². The Hall–Kier alpha value is -2.43. The van der Waals surface area contributed by atoms with Gasteiger partial charge in [0, 0.05) is 28.8 Å². The highest BCUT2D eigenvalue weighted by Gasteiger charge is 2.29. The quantitative estimate of drug-likeness (QED) is 0.537. The molecule has 0 atom stereocenters. The van der Waals surface area contributed by atoms with Crippen LogP contribution in [0.3, 0.4) is 0 Å². The molecular formula is C23H26Cl2N2O2. The van der Waals surface area contributed by atoms with Gasteiger partial charge in [-0.2, -0.15) is 0 Å². The summed E-state index contributed by atoms with van der Waals surface area (Å²) < 4.78 is 1.66. The molecule has 1 aliphatic carbocycles. The summed E-state index contributed by atoms with van der Waals surface area (Å²) in [6.45, 7) is 13.9. The van der Waals surface area contributed by atoms with Gasteiger partial charge in [0.1, 0.15) is 5.15 Å². The summed E-state index contributed by atoms with van der Waals surface area (Å²) in [4.78, 5) is 29.4. The number of Topliss-reactive ketones (excluding diaryl/α,β-unsaturated/α-hetero) is 2. The van der Waals surface area contributed by atoms with Crippen molar-refractivity contribution in [3.05, 3.63) is 87.5 Å². The van der Waals surface area contributed by atoms with E-state index < -0.39 is 0 Å². The van der Waals surface area contributed by atoms with Gasteiger partial charge in [-0.1, -0.05) is 81.8 Å². The number of carbonyl (C=O) groups excluding carboxylic acids is 2. The second-order valence-electron chi connectivity index (χ2n) is 5.52. The van der Waals surface area contributed by atoms with Crippen molar-refractivity contribution in [2.24, 2.45) is 0 Å². The van der Waals surface area contributed by atoms with Crippen LogP contribution >= 0.6 is 23.2 Å². The molecule has 6 heteroatoms. The van der Waals surface area contributed by atoms with Crippen molar-refractivity contribution in [1.29, 1.82) is 0 Å². The number of allylic oxidation sites excluding steroid dienone is 5. The van der Waals surface area contributed by atoms with Gasteiger partial charge in [-0.25, -0.2) is 4.98 Å². The number of rotatable bonds is 4. The van der Waals surface area contributed by atoms with Crippen LogP contribution in [-0.2, 0) is 6.54 Å². The maximum atomic E-state index is 12.8. The predicted octanol–water partition coefficient (Wildman–Crippen LogP) is 6.73. The second-order valence-corrected chi connectivity index (χ2v) is 6.24. The standard InChI is InChI=1S/C19H14Cl2N2O2.2C2H6/c1-3-5-13-12(4-2)16(24)15-8-11(6-7-14(15)17(13)25)9-23-10-22-18(20)19(23)21;2*1-2/h3-8,10H,2,9H2,1H3;2*1-2H3/b5-3-;;. The lowest BCUT2D eigenvalue weighted by Crippen LogP contribution is -2.21. The maximum Gasteiger partial charge on any atom is 0.194 e. The monoisotopic (exact) mass is 432 g/mol. The van der Waals surface area contributed by atoms with Crippen molar-refractivity contribution >= 4 is 34.8 Å². The van der Waals surface area contributed by atoms with Crippen LogP contribution in [-0.4, -0.2) is 21.1 Å². The number of benzene rings is 1. The molecule has 0 saturated heterocycles. The number of fused-ring (bicyclic) bond motifs is 1. The Morgan fingerprint density at radius 2 is 1.66 bits per heavy atom. The lowest BCUT2D eigenvalue weighted by atomic mass is 9.83. The molecule has 1 aliphatic rings. The Morgan fingerprint density at radius 3 is 2.17 bits per heavy atom. The maximum absolute atomic E-state index is 12.8. The molecular weight excluding hydrogens is 407 g/mol. The number of nitrogens with zero attached hydrogens (tertiary/aromatic N) is 2. The summed E-state index contributed by atoms with van der Waals surface area (Å²) in [6, 6.07) is 5.16. The molecule has 29 heavy (non-hydrogen) atoms. The van der Waals surface area contributed by atoms with Crippen LogP contribution in [0.15, 0.2) is 60.5 Å². The summed E-state index contributed by atoms with van der Waals surface area (Å²) in [7, 11) is 0. The van der Waals surface area contributed by atoms with Crippen molar-refractivity contribution < 1.29 is 9.59 Å². The van der Waals surface area contributed by atoms with Crippen molar-refractivity contribution in [3.63, 3.8) is 0 Å². The Morgan fingerprint density at radius 1 is 1.03 bits per heavy atom. The van der Waals surface area contributed by atoms with E-state index in [-0.39, 0.29) is 16.7 Å². The SMILES string of the molecule is C=CC1=C(/C=C\C)C(=O)c2ccc(Cn3cnc(Cl)c3Cl)cc2C1=O.CC.CC. The molecule has 1 aromatic carbocycles. The van der Waals surface area contributed by atoms with Crippen LogP contribution in [0.4, 0.5) is 0 Å². The van der Waals surface area contributed by atoms with Gasteiger partial charge < -0.3 is 4.57 Å². The van der Waals surface area contributed by atoms with Crippen LogP contribution in [0.25, 0.3) is 0 Å². The molecule has 0 N–H and O–H groups in total. The molecule has 4 nitrogen and oxygen atoms in total. The average Bonchev–Trinajstić information content (AvgIpc) is 3.07. The largest absolute Gasteiger partial charge is 0.316 e. The van der Waals surface area contributed by atoms with Gasteiger partial charge in [0.05, 0.1) is 6.33 Å². The van der Waals surface area contributed by atoms with Crippen molar-refractivity contribution in [2.45, 2.75) is 41.2 Å². The van der Waals surface area contributed by atoms with E-state index in [2.05, 4.69) is 11.6 Å². The zero-order valence-electron chi connectivity index (χ0n) is 17.4. The number of aromatic nitrogens is 2. The molecule has 2 aromatic rings. The zero-order chi connectivity index (χ0) is 22.1. The second kappa shape index (κ2) is 11.5. The Balaban J connectivity index is 0.000000989. The Labute approximate surface area is 182 Å². The third-order valence-corrected chi connectivity index (χ3v) is 4.75. The first-order valence-corrected chi connectivity index (χ1v) is 10.3. The van der Waals surface area contributed by atoms with Crippen LogP contribution in [0.5, 0.6) is 0 Å². The van der Waals surface area contributed by atoms with E-state index in [1.165, 1.54) is 12.4 Å². The lowest BCUT2D eigenvalue weighted by molar-refractivity contribution is 0.0980. The number of hydrogen-bond donors (Lipinski definition) is 0. The number of ketones is 2. The average molecular weight is 433 g/mol. The molecule has 0 unspecified atom stereocenters. The van der Waals surface area contributed by atoms with E-state index in [1.54, 1.807) is 41.8 Å². The normalized spacial score (nSPS) is 12.8. The third kappa shape index (κ3) is 5.14. The van der Waals surface area contributed by atoms with Gasteiger partial charge in [-0.05, 0) is 24.6 Å². The molecule has 0 radical (unpaired) electrons. The van der Waals surface area contributed by atoms with Gasteiger partial charge in [0.15, 0.2) is 16.7 Å². The molecule has 0 bridgehead atoms. The summed E-state index contributed by atoms with van der Waals surface area (Å²) in [5.74, 6) is -0.396. The van der Waals surface area contributed by atoms with E-state index in [1.807, 2.05) is 27.7 Å². The minimum absolute atomic E-state index is 0.183. The molecule has 1 heterocycles. The molecule has 0 spiro atoms. The molecule has 154 valence electrons. The number of hydrogen-bond acceptors (Lipinski definition) is 3. The van der Waals surface area contributed by atoms with E-state index >= 15 is 0 Å². The highest BCUT2D eigenvalue weighted by molar-refractivity contribution is 6.40. The number of imidazole rings is 1. The molecule has 3 rings (SSSR count). The fraction of sp³-hybridized carbons (Fsp3) is 0.261. The fourth-order valence-corrected chi connectivity index (χ4v) is 3.10. The zero-order valence-corrected chi connectivity index (χ0v) is 18.9. The molecule has 0 saturated carbocycles. The first-order chi connectivity index (χ1) is 14.0. The summed E-state index contributed by atoms with van der Waals surface area (Å²) >= 11 is 11.9. The lowest BCUT2D eigenvalue weighted by Gasteiger charge is -2.18. The highest BCUT2D eigenvalue weighted by atomic mass is 35.5. The van der Waals surface area contributed by atoms with Gasteiger partial charge in [0.2, 0.25) is 0 Å². The van der Waals surface area contributed by atoms with Crippen molar-refractivity contribution in [2.75, 3.05) is 0 Å². The summed E-state index contributed by atoms with van der Waals surface area (Å²) in [5.41, 5.74) is 2.26. The van der Waals surface area contributed by atoms with Crippen molar-refractivity contribution in [3.8, 4) is 0 Å². The Bertz CT molecular complexity index is 969. The first kappa shape index (κ1) is 24.6. The number of halogens is 2. The van der Waals surface area contributed by atoms with E-state index in [9.17, 15) is 9.59 Å². The first-order valence-electron chi connectivity index (χ1n) is 9.55. The topological polar surface area (TPSA) is 52.0 Å². The fourth-order valence-electron chi connectivity index (χ4n) is 2.79. The molecule has 0 amide bonds. The Kier molecular flexibility index (Phi) is 9.79. The number of carbonyl (C=O) groups is 2. The smallest absolute Gasteiger partial charge is 0.194 e. The minimum atomic E-state index is -0.214. The van der Waals surface area contributed by atoms with Crippen LogP contribution in [0.1, 0.15) is 60.9 Å². The predicted molar refractivity (Wildman–Crippen MR) is 121 cm³/mol. The van der Waals surface area contributed by atoms with Gasteiger partial charge >= 0.3 is 0 Å². The van der Waals surface area contributed by atoms with Crippen molar-refractivity contribution in [1.82, 2.24) is 9.55 Å². The van der Waals surface area contributed by atoms with Gasteiger partial charge in [-0.15, -0.1) is 0 Å². The van der Waals surface area contributed by atoms with E-state index in [4.69, 9.17) is 23.2 Å². The molecule has 0 aliphatic heterocycles. The molecule has 0 fully saturated rings. The van der Waals surface area contributed by atoms with E-state index in [0.29, 0.717) is 34.0 Å². The highest BCUT2D eigenvalue weighted by Crippen LogP contribution is 2.29.